The Labute approximate surface area is 84.3 Å². The van der Waals surface area contributed by atoms with Gasteiger partial charge in [0.1, 0.15) is 0 Å². The molecule has 1 aliphatic heterocycles. The topological polar surface area (TPSA) is 52.6 Å². The molecule has 0 aromatic heterocycles. The van der Waals surface area contributed by atoms with Crippen LogP contribution in [0.5, 0.6) is 0 Å². The summed E-state index contributed by atoms with van der Waals surface area (Å²) in [5, 5.41) is 12.7. The number of nitrogens with zero attached hydrogens (tertiary/aromatic N) is 1. The zero-order chi connectivity index (χ0) is 10.2. The molecule has 2 rings (SSSR count). The Bertz CT molecular complexity index is 232. The van der Waals surface area contributed by atoms with Gasteiger partial charge in [0.15, 0.2) is 0 Å². The number of hydrogen-bond donors (Lipinski definition) is 2. The van der Waals surface area contributed by atoms with Crippen molar-refractivity contribution in [2.45, 2.75) is 37.8 Å². The smallest absolute Gasteiger partial charge is 0.234 e. The van der Waals surface area contributed by atoms with E-state index in [1.54, 1.807) is 0 Å². The van der Waals surface area contributed by atoms with Crippen molar-refractivity contribution in [2.24, 2.45) is 0 Å². The van der Waals surface area contributed by atoms with E-state index in [4.69, 9.17) is 0 Å². The highest BCUT2D eigenvalue weighted by molar-refractivity contribution is 5.78. The Morgan fingerprint density at radius 2 is 2.21 bits per heavy atom. The van der Waals surface area contributed by atoms with Crippen LogP contribution in [0.25, 0.3) is 0 Å². The van der Waals surface area contributed by atoms with Crippen molar-refractivity contribution in [3.63, 3.8) is 0 Å². The number of nitrogens with one attached hydrogen (secondary N) is 1. The number of likely N-dealkylation sites (tertiary alicyclic amines) is 1. The van der Waals surface area contributed by atoms with Gasteiger partial charge in [0, 0.05) is 19.1 Å². The van der Waals surface area contributed by atoms with E-state index in [1.165, 1.54) is 0 Å². The number of rotatable bonds is 4. The number of carbonyl (C=O) groups is 1. The highest BCUT2D eigenvalue weighted by atomic mass is 16.3. The molecule has 0 spiro atoms. The Hall–Kier alpha value is -0.610. The summed E-state index contributed by atoms with van der Waals surface area (Å²) in [5.41, 5.74) is -0.528. The molecule has 0 radical (unpaired) electrons. The van der Waals surface area contributed by atoms with E-state index >= 15 is 0 Å². The lowest BCUT2D eigenvalue weighted by atomic mass is 9.91. The summed E-state index contributed by atoms with van der Waals surface area (Å²) in [6.07, 6.45) is 3.03. The van der Waals surface area contributed by atoms with E-state index in [0.717, 1.165) is 19.3 Å². The number of amides is 1. The van der Waals surface area contributed by atoms with Gasteiger partial charge in [0.2, 0.25) is 5.91 Å². The molecule has 1 amide bonds. The molecule has 1 saturated heterocycles. The van der Waals surface area contributed by atoms with E-state index in [2.05, 4.69) is 5.32 Å². The summed E-state index contributed by atoms with van der Waals surface area (Å²) in [6, 6.07) is 0.439. The second-order valence-corrected chi connectivity index (χ2v) is 4.56. The maximum atomic E-state index is 11.4. The van der Waals surface area contributed by atoms with Crippen LogP contribution in [0.2, 0.25) is 0 Å². The van der Waals surface area contributed by atoms with Gasteiger partial charge in [-0.05, 0) is 19.3 Å². The summed E-state index contributed by atoms with van der Waals surface area (Å²) in [5.74, 6) is 0.102. The van der Waals surface area contributed by atoms with Crippen LogP contribution in [0, 0.1) is 0 Å². The Balaban J connectivity index is 1.65. The van der Waals surface area contributed by atoms with Crippen LogP contribution >= 0.6 is 0 Å². The molecule has 0 unspecified atom stereocenters. The van der Waals surface area contributed by atoms with E-state index in [9.17, 15) is 9.90 Å². The first kappa shape index (κ1) is 9.93. The van der Waals surface area contributed by atoms with Gasteiger partial charge in [-0.1, -0.05) is 6.92 Å². The van der Waals surface area contributed by atoms with Crippen molar-refractivity contribution in [3.8, 4) is 0 Å². The van der Waals surface area contributed by atoms with Gasteiger partial charge in [0.25, 0.3) is 0 Å². The lowest BCUT2D eigenvalue weighted by Gasteiger charge is -2.45. The van der Waals surface area contributed by atoms with Gasteiger partial charge >= 0.3 is 0 Å². The summed E-state index contributed by atoms with van der Waals surface area (Å²) < 4.78 is 0. The lowest BCUT2D eigenvalue weighted by Crippen LogP contribution is -2.63. The van der Waals surface area contributed by atoms with E-state index in [0.29, 0.717) is 25.7 Å². The lowest BCUT2D eigenvalue weighted by molar-refractivity contribution is -0.133. The molecule has 14 heavy (non-hydrogen) atoms. The number of β-amino-alcohol motifs (C(OH)–C–C–N with tert-alkyl or cyclic N) is 1. The number of hydrogen-bond acceptors (Lipinski definition) is 3. The van der Waals surface area contributed by atoms with Crippen molar-refractivity contribution in [3.05, 3.63) is 0 Å². The maximum absolute atomic E-state index is 11.4. The monoisotopic (exact) mass is 198 g/mol. The fourth-order valence-corrected chi connectivity index (χ4v) is 1.83. The molecule has 0 atom stereocenters. The standard InChI is InChI=1S/C10H18N2O2/c1-2-10(14)6-12(7-10)5-9(13)11-8-3-4-8/h8,14H,2-7H2,1H3,(H,11,13). The van der Waals surface area contributed by atoms with Crippen LogP contribution in [-0.2, 0) is 4.79 Å². The van der Waals surface area contributed by atoms with Crippen LogP contribution < -0.4 is 5.32 Å². The van der Waals surface area contributed by atoms with Crippen LogP contribution in [-0.4, -0.2) is 47.2 Å². The molecule has 1 heterocycles. The fourth-order valence-electron chi connectivity index (χ4n) is 1.83. The first-order valence-corrected chi connectivity index (χ1v) is 5.35. The van der Waals surface area contributed by atoms with Crippen molar-refractivity contribution >= 4 is 5.91 Å². The van der Waals surface area contributed by atoms with Crippen LogP contribution in [0.1, 0.15) is 26.2 Å². The third-order valence-electron chi connectivity index (χ3n) is 3.00. The molecule has 1 aliphatic carbocycles. The molecule has 2 aliphatic rings. The highest BCUT2D eigenvalue weighted by Crippen LogP contribution is 2.23. The predicted molar refractivity (Wildman–Crippen MR) is 52.8 cm³/mol. The molecule has 2 fully saturated rings. The van der Waals surface area contributed by atoms with Gasteiger partial charge in [0.05, 0.1) is 12.1 Å². The van der Waals surface area contributed by atoms with Gasteiger partial charge in [-0.2, -0.15) is 0 Å². The predicted octanol–water partition coefficient (Wildman–Crippen LogP) is -0.278. The maximum Gasteiger partial charge on any atom is 0.234 e. The van der Waals surface area contributed by atoms with E-state index in [-0.39, 0.29) is 5.91 Å². The SMILES string of the molecule is CCC1(O)CN(CC(=O)NC2CC2)C1. The molecule has 0 aromatic rings. The van der Waals surface area contributed by atoms with Crippen molar-refractivity contribution in [2.75, 3.05) is 19.6 Å². The van der Waals surface area contributed by atoms with Crippen LogP contribution in [0.3, 0.4) is 0 Å². The first-order chi connectivity index (χ1) is 6.61. The van der Waals surface area contributed by atoms with Gasteiger partial charge in [-0.15, -0.1) is 0 Å². The average molecular weight is 198 g/mol. The first-order valence-electron chi connectivity index (χ1n) is 5.35. The summed E-state index contributed by atoms with van der Waals surface area (Å²) in [7, 11) is 0. The Morgan fingerprint density at radius 3 is 2.71 bits per heavy atom. The number of carbonyl (C=O) groups excluding carboxylic acids is 1. The molecular weight excluding hydrogens is 180 g/mol. The van der Waals surface area contributed by atoms with Crippen molar-refractivity contribution in [1.82, 2.24) is 10.2 Å². The third kappa shape index (κ3) is 2.25. The molecule has 2 N–H and O–H groups in total. The minimum atomic E-state index is -0.528. The highest BCUT2D eigenvalue weighted by Gasteiger charge is 2.40. The summed E-state index contributed by atoms with van der Waals surface area (Å²) in [4.78, 5) is 13.3. The quantitative estimate of drug-likeness (QED) is 0.653. The second-order valence-electron chi connectivity index (χ2n) is 4.56. The molecule has 0 bridgehead atoms. The summed E-state index contributed by atoms with van der Waals surface area (Å²) in [6.45, 7) is 3.70. The molecule has 4 heteroatoms. The molecule has 0 aromatic carbocycles. The summed E-state index contributed by atoms with van der Waals surface area (Å²) >= 11 is 0. The zero-order valence-electron chi connectivity index (χ0n) is 8.62. The van der Waals surface area contributed by atoms with Gasteiger partial charge < -0.3 is 10.4 Å². The molecule has 4 nitrogen and oxygen atoms in total. The fraction of sp³-hybridized carbons (Fsp3) is 0.900. The van der Waals surface area contributed by atoms with Gasteiger partial charge in [-0.25, -0.2) is 0 Å². The molecular formula is C10H18N2O2. The Morgan fingerprint density at radius 1 is 1.57 bits per heavy atom. The third-order valence-corrected chi connectivity index (χ3v) is 3.00. The number of aliphatic hydroxyl groups is 1. The Kier molecular flexibility index (Phi) is 2.49. The van der Waals surface area contributed by atoms with Crippen molar-refractivity contribution in [1.29, 1.82) is 0 Å². The second kappa shape index (κ2) is 3.51. The molecule has 80 valence electrons. The van der Waals surface area contributed by atoms with Gasteiger partial charge in [-0.3, -0.25) is 9.69 Å². The van der Waals surface area contributed by atoms with Crippen molar-refractivity contribution < 1.29 is 9.90 Å². The molecule has 1 saturated carbocycles. The minimum Gasteiger partial charge on any atom is -0.387 e. The largest absolute Gasteiger partial charge is 0.387 e. The average Bonchev–Trinajstić information content (AvgIpc) is 2.85. The normalized spacial score (nSPS) is 25.6. The van der Waals surface area contributed by atoms with Crippen LogP contribution in [0.15, 0.2) is 0 Å². The zero-order valence-corrected chi connectivity index (χ0v) is 8.62. The van der Waals surface area contributed by atoms with Crippen LogP contribution in [0.4, 0.5) is 0 Å². The minimum absolute atomic E-state index is 0.102. The van der Waals surface area contributed by atoms with E-state index in [1.807, 2.05) is 11.8 Å². The van der Waals surface area contributed by atoms with E-state index < -0.39 is 5.60 Å².